The number of amides is 1. The molecule has 3 rings (SSSR count). The number of aryl methyl sites for hydroxylation is 1. The largest absolute Gasteiger partial charge is 0.422 e. The van der Waals surface area contributed by atoms with E-state index in [1.165, 1.54) is 55.0 Å². The molecule has 1 heterocycles. The Bertz CT molecular complexity index is 1180. The quantitative estimate of drug-likeness (QED) is 0.0844. The standard InChI is InChI=1S/C21H32N2O.C7HF5O2/c1-3-4-5-6-7-8-9-14-21(24)22-16-15-18-17-23(2)20-13-11-10-12-19(18)20;8-2-3(9)5(11)7(14-1-13)6(12)4(2)10/h10-13,17H,3-9,14-16H2,1-2H3,(H,22,24);1H. The van der Waals surface area contributed by atoms with Gasteiger partial charge in [-0.1, -0.05) is 63.6 Å². The van der Waals surface area contributed by atoms with Crippen LogP contribution in [0.4, 0.5) is 22.0 Å². The number of halogens is 5. The van der Waals surface area contributed by atoms with E-state index in [1.54, 1.807) is 0 Å². The molecule has 5 nitrogen and oxygen atoms in total. The fourth-order valence-electron chi connectivity index (χ4n) is 4.03. The fraction of sp³-hybridized carbons (Fsp3) is 0.429. The van der Waals surface area contributed by atoms with Crippen LogP contribution in [-0.4, -0.2) is 23.5 Å². The van der Waals surface area contributed by atoms with Gasteiger partial charge in [-0.2, -0.15) is 8.78 Å². The number of fused-ring (bicyclic) bond motifs is 1. The summed E-state index contributed by atoms with van der Waals surface area (Å²) in [5, 5.41) is 4.36. The van der Waals surface area contributed by atoms with Gasteiger partial charge in [0.05, 0.1) is 0 Å². The number of hydrogen-bond acceptors (Lipinski definition) is 3. The van der Waals surface area contributed by atoms with Crippen LogP contribution in [0.3, 0.4) is 0 Å². The summed E-state index contributed by atoms with van der Waals surface area (Å²) >= 11 is 0. The summed E-state index contributed by atoms with van der Waals surface area (Å²) in [4.78, 5) is 21.6. The maximum absolute atomic E-state index is 12.6. The Morgan fingerprint density at radius 2 is 1.47 bits per heavy atom. The van der Waals surface area contributed by atoms with Gasteiger partial charge in [-0.05, 0) is 24.5 Å². The zero-order valence-electron chi connectivity index (χ0n) is 21.6. The van der Waals surface area contributed by atoms with Crippen molar-refractivity contribution in [2.24, 2.45) is 7.05 Å². The minimum atomic E-state index is -2.31. The van der Waals surface area contributed by atoms with Crippen molar-refractivity contribution in [3.63, 3.8) is 0 Å². The zero-order chi connectivity index (χ0) is 28.1. The van der Waals surface area contributed by atoms with Crippen LogP contribution in [0.1, 0.15) is 63.9 Å². The summed E-state index contributed by atoms with van der Waals surface area (Å²) < 4.78 is 68.0. The number of hydrogen-bond donors (Lipinski definition) is 1. The van der Waals surface area contributed by atoms with E-state index in [4.69, 9.17) is 0 Å². The van der Waals surface area contributed by atoms with Crippen molar-refractivity contribution in [3.05, 3.63) is 65.1 Å². The number of benzene rings is 2. The number of aromatic nitrogens is 1. The van der Waals surface area contributed by atoms with Gasteiger partial charge in [0, 0.05) is 37.1 Å². The third kappa shape index (κ3) is 8.56. The molecule has 208 valence electrons. The Hall–Kier alpha value is -3.43. The molecular formula is C28H33F5N2O3. The summed E-state index contributed by atoms with van der Waals surface area (Å²) in [7, 11) is 2.07. The van der Waals surface area contributed by atoms with Gasteiger partial charge in [0.1, 0.15) is 0 Å². The molecular weight excluding hydrogens is 507 g/mol. The first-order valence-corrected chi connectivity index (χ1v) is 12.6. The summed E-state index contributed by atoms with van der Waals surface area (Å²) in [5.41, 5.74) is 2.56. The van der Waals surface area contributed by atoms with Crippen LogP contribution < -0.4 is 10.1 Å². The number of ether oxygens (including phenoxy) is 1. The Labute approximate surface area is 219 Å². The van der Waals surface area contributed by atoms with Gasteiger partial charge in [-0.3, -0.25) is 9.59 Å². The van der Waals surface area contributed by atoms with Crippen LogP contribution >= 0.6 is 0 Å². The van der Waals surface area contributed by atoms with Crippen LogP contribution in [0.2, 0.25) is 0 Å². The molecule has 1 amide bonds. The summed E-state index contributed by atoms with van der Waals surface area (Å²) in [6, 6.07) is 8.43. The summed E-state index contributed by atoms with van der Waals surface area (Å²) in [6.07, 6.45) is 12.5. The lowest BCUT2D eigenvalue weighted by molar-refractivity contribution is -0.122. The highest BCUT2D eigenvalue weighted by Crippen LogP contribution is 2.28. The average Bonchev–Trinajstić information content (AvgIpc) is 3.24. The predicted octanol–water partition coefficient (Wildman–Crippen LogP) is 6.90. The number of rotatable bonds is 13. The highest BCUT2D eigenvalue weighted by molar-refractivity contribution is 5.84. The number of nitrogens with zero attached hydrogens (tertiary/aromatic N) is 1. The van der Waals surface area contributed by atoms with Crippen LogP contribution in [0.25, 0.3) is 10.9 Å². The smallest absolute Gasteiger partial charge is 0.298 e. The van der Waals surface area contributed by atoms with Gasteiger partial charge < -0.3 is 14.6 Å². The van der Waals surface area contributed by atoms with Gasteiger partial charge in [-0.15, -0.1) is 0 Å². The molecule has 0 fully saturated rings. The molecule has 0 unspecified atom stereocenters. The maximum atomic E-state index is 12.6. The van der Waals surface area contributed by atoms with E-state index in [-0.39, 0.29) is 5.91 Å². The van der Waals surface area contributed by atoms with Crippen molar-refractivity contribution in [2.45, 2.75) is 64.7 Å². The van der Waals surface area contributed by atoms with Crippen molar-refractivity contribution in [2.75, 3.05) is 6.54 Å². The Morgan fingerprint density at radius 3 is 2.11 bits per heavy atom. The third-order valence-corrected chi connectivity index (χ3v) is 6.04. The second-order valence-electron chi connectivity index (χ2n) is 8.87. The second-order valence-corrected chi connectivity index (χ2v) is 8.87. The Morgan fingerprint density at radius 1 is 0.895 bits per heavy atom. The molecule has 1 aromatic heterocycles. The maximum Gasteiger partial charge on any atom is 0.298 e. The third-order valence-electron chi connectivity index (χ3n) is 6.04. The molecule has 0 radical (unpaired) electrons. The minimum Gasteiger partial charge on any atom is -0.422 e. The molecule has 1 N–H and O–H groups in total. The molecule has 10 heteroatoms. The van der Waals surface area contributed by atoms with Crippen LogP contribution in [-0.2, 0) is 23.1 Å². The Kier molecular flexibility index (Phi) is 12.8. The first-order valence-electron chi connectivity index (χ1n) is 12.6. The predicted molar refractivity (Wildman–Crippen MR) is 135 cm³/mol. The van der Waals surface area contributed by atoms with E-state index in [1.807, 2.05) is 0 Å². The zero-order valence-corrected chi connectivity index (χ0v) is 21.6. The van der Waals surface area contributed by atoms with Crippen molar-refractivity contribution in [3.8, 4) is 5.75 Å². The van der Waals surface area contributed by atoms with Gasteiger partial charge in [-0.25, -0.2) is 13.2 Å². The summed E-state index contributed by atoms with van der Waals surface area (Å²) in [6.45, 7) is 2.52. The molecule has 0 aliphatic heterocycles. The van der Waals surface area contributed by atoms with Crippen molar-refractivity contribution >= 4 is 23.3 Å². The van der Waals surface area contributed by atoms with E-state index in [0.717, 1.165) is 19.4 Å². The van der Waals surface area contributed by atoms with Gasteiger partial charge in [0.25, 0.3) is 6.47 Å². The number of nitrogens with one attached hydrogen (secondary N) is 1. The van der Waals surface area contributed by atoms with E-state index in [0.29, 0.717) is 6.42 Å². The number of para-hydroxylation sites is 1. The fourth-order valence-corrected chi connectivity index (χ4v) is 4.03. The molecule has 0 saturated heterocycles. The molecule has 0 aliphatic carbocycles. The average molecular weight is 541 g/mol. The first-order chi connectivity index (χ1) is 18.2. The molecule has 0 saturated carbocycles. The number of unbranched alkanes of at least 4 members (excludes halogenated alkanes) is 6. The second kappa shape index (κ2) is 15.7. The lowest BCUT2D eigenvalue weighted by atomic mass is 10.1. The Balaban J connectivity index is 0.000000308. The molecule has 2 aromatic carbocycles. The first kappa shape index (κ1) is 30.8. The highest BCUT2D eigenvalue weighted by Gasteiger charge is 2.26. The number of carbonyl (C=O) groups is 2. The molecule has 38 heavy (non-hydrogen) atoms. The molecule has 0 bridgehead atoms. The summed E-state index contributed by atoms with van der Waals surface area (Å²) in [5.74, 6) is -12.4. The van der Waals surface area contributed by atoms with Gasteiger partial charge in [0.2, 0.25) is 40.7 Å². The van der Waals surface area contributed by atoms with Gasteiger partial charge in [0.15, 0.2) is 0 Å². The topological polar surface area (TPSA) is 60.3 Å². The highest BCUT2D eigenvalue weighted by atomic mass is 19.2. The van der Waals surface area contributed by atoms with Crippen molar-refractivity contribution in [1.82, 2.24) is 9.88 Å². The van der Waals surface area contributed by atoms with Gasteiger partial charge >= 0.3 is 0 Å². The van der Waals surface area contributed by atoms with Crippen LogP contribution in [0.5, 0.6) is 5.75 Å². The SMILES string of the molecule is CCCCCCCCCC(=O)NCCc1cn(C)c2ccccc12.O=COc1c(F)c(F)c(F)c(F)c1F. The number of carbonyl (C=O) groups excluding carboxylic acids is 2. The lowest BCUT2D eigenvalue weighted by Crippen LogP contribution is -2.25. The van der Waals surface area contributed by atoms with E-state index in [9.17, 15) is 31.5 Å². The van der Waals surface area contributed by atoms with E-state index in [2.05, 4.69) is 59.1 Å². The minimum absolute atomic E-state index is 0.198. The monoisotopic (exact) mass is 540 g/mol. The molecule has 3 aromatic rings. The van der Waals surface area contributed by atoms with Crippen molar-refractivity contribution in [1.29, 1.82) is 0 Å². The van der Waals surface area contributed by atoms with E-state index >= 15 is 0 Å². The molecule has 0 spiro atoms. The molecule has 0 aliphatic rings. The lowest BCUT2D eigenvalue weighted by Gasteiger charge is -2.05. The van der Waals surface area contributed by atoms with Crippen molar-refractivity contribution < 1.29 is 36.3 Å². The van der Waals surface area contributed by atoms with Crippen LogP contribution in [0.15, 0.2) is 30.5 Å². The normalized spacial score (nSPS) is 10.7. The van der Waals surface area contributed by atoms with E-state index < -0.39 is 41.3 Å². The molecule has 0 atom stereocenters. The van der Waals surface area contributed by atoms with Crippen LogP contribution in [0, 0.1) is 29.1 Å².